The number of imidazole rings is 1. The van der Waals surface area contributed by atoms with Gasteiger partial charge in [-0.05, 0) is 12.1 Å². The van der Waals surface area contributed by atoms with Crippen molar-refractivity contribution >= 4 is 38.9 Å². The zero-order valence-corrected chi connectivity index (χ0v) is 17.8. The minimum Gasteiger partial charge on any atom is -0.328 e. The molecule has 0 unspecified atom stereocenters. The van der Waals surface area contributed by atoms with Crippen LogP contribution in [0.2, 0.25) is 0 Å². The van der Waals surface area contributed by atoms with Gasteiger partial charge in [0.2, 0.25) is 0 Å². The molecule has 0 aliphatic heterocycles. The van der Waals surface area contributed by atoms with Crippen LogP contribution in [0.15, 0.2) is 41.7 Å². The van der Waals surface area contributed by atoms with E-state index in [1.165, 1.54) is 0 Å². The molecule has 0 radical (unpaired) electrons. The normalized spacial score (nSPS) is 12.6. The van der Waals surface area contributed by atoms with E-state index in [1.54, 1.807) is 18.6 Å². The average Bonchev–Trinajstić information content (AvgIpc) is 3.18. The third kappa shape index (κ3) is 4.63. The summed E-state index contributed by atoms with van der Waals surface area (Å²) in [6.07, 6.45) is -4.38. The van der Waals surface area contributed by atoms with Crippen LogP contribution in [0.5, 0.6) is 0 Å². The Morgan fingerprint density at radius 1 is 0.941 bits per heavy atom. The van der Waals surface area contributed by atoms with Crippen molar-refractivity contribution in [2.75, 3.05) is 0 Å². The van der Waals surface area contributed by atoms with Crippen LogP contribution in [0.25, 0.3) is 27.3 Å². The van der Waals surface area contributed by atoms with E-state index in [9.17, 15) is 40.7 Å². The molecule has 13 heteroatoms. The summed E-state index contributed by atoms with van der Waals surface area (Å²) >= 11 is 0. The highest BCUT2D eigenvalue weighted by molar-refractivity contribution is 6.41. The first-order valence-corrected chi connectivity index (χ1v) is 9.53. The van der Waals surface area contributed by atoms with Crippen molar-refractivity contribution < 1.29 is 35.9 Å². The molecular weight excluding hydrogens is 470 g/mol. The molecule has 7 nitrogen and oxygen atoms in total. The van der Waals surface area contributed by atoms with Gasteiger partial charge in [0.15, 0.2) is 0 Å². The van der Waals surface area contributed by atoms with Crippen molar-refractivity contribution in [3.8, 4) is 0 Å². The molecule has 0 bridgehead atoms. The van der Waals surface area contributed by atoms with Crippen LogP contribution < -0.4 is 5.56 Å². The van der Waals surface area contributed by atoms with Crippen LogP contribution in [-0.2, 0) is 15.0 Å². The Kier molecular flexibility index (Phi) is 6.01. The molecule has 0 fully saturated rings. The van der Waals surface area contributed by atoms with Crippen LogP contribution in [0, 0.1) is 0 Å². The first-order chi connectivity index (χ1) is 15.5. The molecule has 0 aromatic carbocycles. The Balaban J connectivity index is 0.000000232. The molecule has 0 saturated carbocycles. The lowest BCUT2D eigenvalue weighted by Crippen LogP contribution is -2.39. The van der Waals surface area contributed by atoms with Crippen molar-refractivity contribution in [1.82, 2.24) is 19.4 Å². The zero-order valence-electron chi connectivity index (χ0n) is 17.8. The lowest BCUT2D eigenvalue weighted by Gasteiger charge is -2.13. The van der Waals surface area contributed by atoms with Gasteiger partial charge in [0, 0.05) is 41.0 Å². The highest BCUT2D eigenvalue weighted by Crippen LogP contribution is 2.29. The number of carbonyl (C=O) groups is 2. The van der Waals surface area contributed by atoms with Crippen molar-refractivity contribution in [1.29, 1.82) is 0 Å². The number of pyridine rings is 3. The topological polar surface area (TPSA) is 97.2 Å². The second kappa shape index (κ2) is 8.22. The summed E-state index contributed by atoms with van der Waals surface area (Å²) in [7, 11) is 0. The summed E-state index contributed by atoms with van der Waals surface area (Å²) < 4.78 is 69.0. The Labute approximate surface area is 186 Å². The van der Waals surface area contributed by atoms with Crippen molar-refractivity contribution in [3.63, 3.8) is 0 Å². The second-order valence-electron chi connectivity index (χ2n) is 8.21. The second-order valence-corrected chi connectivity index (χ2v) is 8.21. The number of hydrogen-bond acceptors (Lipinski definition) is 5. The number of carbonyl (C=O) groups excluding carboxylic acids is 2. The van der Waals surface area contributed by atoms with Gasteiger partial charge in [-0.25, -0.2) is 4.98 Å². The van der Waals surface area contributed by atoms with Crippen molar-refractivity contribution in [2.45, 2.75) is 38.5 Å². The summed E-state index contributed by atoms with van der Waals surface area (Å²) in [6, 6.07) is 3.82. The van der Waals surface area contributed by atoms with Crippen molar-refractivity contribution in [3.05, 3.63) is 53.0 Å². The molecule has 0 aliphatic rings. The predicted octanol–water partition coefficient (Wildman–Crippen LogP) is 4.27. The monoisotopic (exact) mass is 486 g/mol. The van der Waals surface area contributed by atoms with Crippen LogP contribution in [0.1, 0.15) is 26.5 Å². The Morgan fingerprint density at radius 2 is 1.53 bits per heavy atom. The fourth-order valence-electron chi connectivity index (χ4n) is 3.09. The number of fused-ring (bicyclic) bond motifs is 6. The molecule has 0 atom stereocenters. The van der Waals surface area contributed by atoms with E-state index < -0.39 is 23.9 Å². The van der Waals surface area contributed by atoms with Gasteiger partial charge in [-0.15, -0.1) is 0 Å². The number of rotatable bonds is 1. The van der Waals surface area contributed by atoms with Crippen LogP contribution in [0.3, 0.4) is 0 Å². The van der Waals surface area contributed by atoms with E-state index in [1.807, 2.05) is 22.7 Å². The minimum absolute atomic E-state index is 0.0566. The quantitative estimate of drug-likeness (QED) is 0.246. The predicted molar refractivity (Wildman–Crippen MR) is 109 cm³/mol. The fraction of sp³-hybridized carbons (Fsp3) is 0.286. The summed E-state index contributed by atoms with van der Waals surface area (Å²) in [4.78, 5) is 43.3. The van der Waals surface area contributed by atoms with Gasteiger partial charge in [0.1, 0.15) is 5.65 Å². The first kappa shape index (κ1) is 24.9. The SMILES string of the molecule is CC(C)(C)c1cn2c3cc[nH]c(=O)c3c3cnccc3c2n1.O=C(C(=O)C(F)(F)F)C(F)(F)F. The largest absolute Gasteiger partial charge is 0.458 e. The highest BCUT2D eigenvalue weighted by atomic mass is 19.4. The molecule has 180 valence electrons. The Morgan fingerprint density at radius 3 is 2.06 bits per heavy atom. The van der Waals surface area contributed by atoms with Gasteiger partial charge in [0.25, 0.3) is 5.56 Å². The molecule has 0 amide bonds. The maximum Gasteiger partial charge on any atom is 0.458 e. The first-order valence-electron chi connectivity index (χ1n) is 9.53. The molecule has 0 saturated heterocycles. The van der Waals surface area contributed by atoms with E-state index >= 15 is 0 Å². The molecule has 4 heterocycles. The zero-order chi connectivity index (χ0) is 25.6. The lowest BCUT2D eigenvalue weighted by atomic mass is 9.93. The number of halogens is 6. The summed E-state index contributed by atoms with van der Waals surface area (Å²) in [6.45, 7) is 6.40. The number of ketones is 2. The van der Waals surface area contributed by atoms with E-state index in [0.717, 1.165) is 27.6 Å². The molecule has 34 heavy (non-hydrogen) atoms. The molecule has 4 aromatic heterocycles. The number of nitrogens with zero attached hydrogens (tertiary/aromatic N) is 3. The van der Waals surface area contributed by atoms with E-state index in [-0.39, 0.29) is 11.0 Å². The van der Waals surface area contributed by atoms with Crippen LogP contribution in [-0.4, -0.2) is 43.3 Å². The smallest absolute Gasteiger partial charge is 0.328 e. The van der Waals surface area contributed by atoms with Gasteiger partial charge >= 0.3 is 23.9 Å². The molecule has 1 N–H and O–H groups in total. The Hall–Kier alpha value is -3.77. The highest BCUT2D eigenvalue weighted by Gasteiger charge is 2.54. The maximum absolute atomic E-state index is 12.3. The number of aromatic amines is 1. The van der Waals surface area contributed by atoms with Crippen molar-refractivity contribution in [2.24, 2.45) is 0 Å². The van der Waals surface area contributed by atoms with Gasteiger partial charge < -0.3 is 4.98 Å². The molecule has 4 aromatic rings. The number of nitrogens with one attached hydrogen (secondary N) is 1. The molecule has 0 aliphatic carbocycles. The van der Waals surface area contributed by atoms with Crippen LogP contribution >= 0.6 is 0 Å². The molecule has 4 rings (SSSR count). The third-order valence-corrected chi connectivity index (χ3v) is 4.73. The van der Waals surface area contributed by atoms with E-state index in [0.29, 0.717) is 5.39 Å². The van der Waals surface area contributed by atoms with Crippen LogP contribution in [0.4, 0.5) is 26.3 Å². The van der Waals surface area contributed by atoms with Gasteiger partial charge in [-0.1, -0.05) is 20.8 Å². The maximum atomic E-state index is 12.3. The number of hydrogen-bond donors (Lipinski definition) is 1. The molecule has 0 spiro atoms. The fourth-order valence-corrected chi connectivity index (χ4v) is 3.09. The standard InChI is InChI=1S/C17H16N4O.C4F6O2/c1-17(2,3)13-9-21-12-5-7-19-16(22)14(12)11-8-18-6-4-10(11)15(21)20-13;5-3(6,7)1(11)2(12)4(8,9)10/h4-9H,1-3H3,(H,19,22);. The molecular formula is C21H16F6N4O3. The van der Waals surface area contributed by atoms with E-state index in [2.05, 4.69) is 30.7 Å². The third-order valence-electron chi connectivity index (χ3n) is 4.73. The Bertz CT molecular complexity index is 1450. The van der Waals surface area contributed by atoms with Gasteiger partial charge in [-0.2, -0.15) is 26.3 Å². The number of alkyl halides is 6. The lowest BCUT2D eigenvalue weighted by molar-refractivity contribution is -0.193. The number of H-pyrrole nitrogens is 1. The minimum atomic E-state index is -5.77. The summed E-state index contributed by atoms with van der Waals surface area (Å²) in [5, 5.41) is 2.42. The average molecular weight is 486 g/mol. The number of Topliss-reactive ketones (excluding diaryl/α,β-unsaturated/α-hetero) is 2. The van der Waals surface area contributed by atoms with E-state index in [4.69, 9.17) is 4.98 Å². The van der Waals surface area contributed by atoms with Gasteiger partial charge in [-0.3, -0.25) is 23.8 Å². The van der Waals surface area contributed by atoms with Gasteiger partial charge in [0.05, 0.1) is 16.6 Å². The summed E-state index contributed by atoms with van der Waals surface area (Å²) in [5.74, 6) is -6.81. The number of aromatic nitrogens is 4. The summed E-state index contributed by atoms with van der Waals surface area (Å²) in [5.41, 5.74) is 2.54.